The number of anilines is 1. The van der Waals surface area contributed by atoms with E-state index in [-0.39, 0.29) is 23.2 Å². The number of aryl methyl sites for hydroxylation is 1. The maximum Gasteiger partial charge on any atom is 0.274 e. The van der Waals surface area contributed by atoms with Crippen LogP contribution in [0.15, 0.2) is 35.6 Å². The third kappa shape index (κ3) is 4.93. The summed E-state index contributed by atoms with van der Waals surface area (Å²) in [6.45, 7) is 1.91. The van der Waals surface area contributed by atoms with Gasteiger partial charge >= 0.3 is 0 Å². The van der Waals surface area contributed by atoms with Crippen molar-refractivity contribution in [2.75, 3.05) is 25.2 Å². The largest absolute Gasteiger partial charge is 0.331 e. The third-order valence-corrected chi connectivity index (χ3v) is 4.35. The zero-order chi connectivity index (χ0) is 18.4. The van der Waals surface area contributed by atoms with Gasteiger partial charge in [-0.25, -0.2) is 9.97 Å². The van der Waals surface area contributed by atoms with Crippen molar-refractivity contribution in [1.29, 1.82) is 0 Å². The number of amides is 2. The number of carbonyl (C=O) groups is 2. The average molecular weight is 379 g/mol. The van der Waals surface area contributed by atoms with Crippen LogP contribution >= 0.6 is 23.4 Å². The van der Waals surface area contributed by atoms with Gasteiger partial charge in [-0.2, -0.15) is 0 Å². The molecule has 0 bridgehead atoms. The van der Waals surface area contributed by atoms with Gasteiger partial charge in [-0.3, -0.25) is 9.59 Å². The number of hydrogen-bond donors (Lipinski definition) is 1. The van der Waals surface area contributed by atoms with Gasteiger partial charge < -0.3 is 10.2 Å². The standard InChI is InChI=1S/C17H19ClN4O2S/c1-4-11-7-5-6-8-13(11)20-14(23)10-22(2)16(24)15-12(18)9-19-17(21-15)25-3/h5-9H,4,10H2,1-3H3,(H,20,23). The summed E-state index contributed by atoms with van der Waals surface area (Å²) in [6, 6.07) is 7.57. The van der Waals surface area contributed by atoms with Crippen LogP contribution in [0.4, 0.5) is 5.69 Å². The Labute approximate surface area is 156 Å². The Morgan fingerprint density at radius 3 is 2.72 bits per heavy atom. The molecule has 0 fully saturated rings. The molecule has 0 radical (unpaired) electrons. The molecule has 132 valence electrons. The molecular formula is C17H19ClN4O2S. The first-order chi connectivity index (χ1) is 12.0. The number of aromatic nitrogens is 2. The first-order valence-corrected chi connectivity index (χ1v) is 9.26. The third-order valence-electron chi connectivity index (χ3n) is 3.51. The molecule has 25 heavy (non-hydrogen) atoms. The van der Waals surface area contributed by atoms with E-state index in [1.54, 1.807) is 6.26 Å². The highest BCUT2D eigenvalue weighted by Crippen LogP contribution is 2.18. The molecule has 1 aromatic heterocycles. The number of nitrogens with one attached hydrogen (secondary N) is 1. The molecule has 1 aromatic carbocycles. The van der Waals surface area contributed by atoms with Crippen LogP contribution in [0, 0.1) is 0 Å². The maximum absolute atomic E-state index is 12.5. The van der Waals surface area contributed by atoms with E-state index in [1.165, 1.54) is 29.9 Å². The zero-order valence-corrected chi connectivity index (χ0v) is 15.8. The Hall–Kier alpha value is -2.12. The van der Waals surface area contributed by atoms with Crippen molar-refractivity contribution in [3.8, 4) is 0 Å². The SMILES string of the molecule is CCc1ccccc1NC(=O)CN(C)C(=O)c1nc(SC)ncc1Cl. The molecule has 0 spiro atoms. The van der Waals surface area contributed by atoms with E-state index in [0.29, 0.717) is 5.16 Å². The summed E-state index contributed by atoms with van der Waals surface area (Å²) >= 11 is 7.33. The Morgan fingerprint density at radius 2 is 2.04 bits per heavy atom. The first-order valence-electron chi connectivity index (χ1n) is 7.66. The lowest BCUT2D eigenvalue weighted by Gasteiger charge is -2.18. The van der Waals surface area contributed by atoms with E-state index in [2.05, 4.69) is 15.3 Å². The van der Waals surface area contributed by atoms with Gasteiger partial charge in [-0.15, -0.1) is 0 Å². The van der Waals surface area contributed by atoms with Gasteiger partial charge in [0.2, 0.25) is 5.91 Å². The Bertz CT molecular complexity index is 785. The number of hydrogen-bond acceptors (Lipinski definition) is 5. The lowest BCUT2D eigenvalue weighted by molar-refractivity contribution is -0.116. The van der Waals surface area contributed by atoms with Crippen molar-refractivity contribution in [2.24, 2.45) is 0 Å². The summed E-state index contributed by atoms with van der Waals surface area (Å²) in [4.78, 5) is 34.2. The monoisotopic (exact) mass is 378 g/mol. The number of para-hydroxylation sites is 1. The highest BCUT2D eigenvalue weighted by molar-refractivity contribution is 7.98. The molecule has 0 aliphatic carbocycles. The van der Waals surface area contributed by atoms with Gasteiger partial charge in [0, 0.05) is 12.7 Å². The molecule has 2 aromatic rings. The summed E-state index contributed by atoms with van der Waals surface area (Å²) in [5.74, 6) is -0.714. The number of carbonyl (C=O) groups excluding carboxylic acids is 2. The van der Waals surface area contributed by atoms with Crippen LogP contribution in [-0.2, 0) is 11.2 Å². The van der Waals surface area contributed by atoms with Crippen LogP contribution in [0.3, 0.4) is 0 Å². The fourth-order valence-corrected chi connectivity index (χ4v) is 2.72. The van der Waals surface area contributed by atoms with Crippen molar-refractivity contribution < 1.29 is 9.59 Å². The Kier molecular flexibility index (Phi) is 6.78. The molecule has 0 aliphatic heterocycles. The van der Waals surface area contributed by atoms with Crippen LogP contribution in [0.2, 0.25) is 5.02 Å². The second kappa shape index (κ2) is 8.82. The smallest absolute Gasteiger partial charge is 0.274 e. The summed E-state index contributed by atoms with van der Waals surface area (Å²) in [5.41, 5.74) is 1.87. The predicted molar refractivity (Wildman–Crippen MR) is 100 cm³/mol. The molecule has 2 amide bonds. The molecule has 0 aliphatic rings. The van der Waals surface area contributed by atoms with Gasteiger partial charge in [0.25, 0.3) is 5.91 Å². The molecular weight excluding hydrogens is 360 g/mol. The normalized spacial score (nSPS) is 10.4. The second-order valence-corrected chi connectivity index (χ2v) is 6.45. The molecule has 1 heterocycles. The van der Waals surface area contributed by atoms with Crippen LogP contribution < -0.4 is 5.32 Å². The van der Waals surface area contributed by atoms with Gasteiger partial charge in [0.15, 0.2) is 10.9 Å². The van der Waals surface area contributed by atoms with Crippen molar-refractivity contribution in [1.82, 2.24) is 14.9 Å². The minimum absolute atomic E-state index is 0.0882. The molecule has 6 nitrogen and oxygen atoms in total. The Balaban J connectivity index is 2.07. The average Bonchev–Trinajstić information content (AvgIpc) is 2.61. The van der Waals surface area contributed by atoms with Crippen molar-refractivity contribution in [2.45, 2.75) is 18.5 Å². The van der Waals surface area contributed by atoms with Gasteiger partial charge in [0.1, 0.15) is 0 Å². The number of rotatable bonds is 6. The topological polar surface area (TPSA) is 75.2 Å². The van der Waals surface area contributed by atoms with Crippen LogP contribution in [0.25, 0.3) is 0 Å². The van der Waals surface area contributed by atoms with Crippen molar-refractivity contribution >= 4 is 40.9 Å². The molecule has 1 N–H and O–H groups in total. The van der Waals surface area contributed by atoms with E-state index in [9.17, 15) is 9.59 Å². The maximum atomic E-state index is 12.5. The predicted octanol–water partition coefficient (Wildman–Crippen LogP) is 3.13. The molecule has 2 rings (SSSR count). The van der Waals surface area contributed by atoms with E-state index < -0.39 is 5.91 Å². The fraction of sp³-hybridized carbons (Fsp3) is 0.294. The summed E-state index contributed by atoms with van der Waals surface area (Å²) < 4.78 is 0. The highest BCUT2D eigenvalue weighted by Gasteiger charge is 2.20. The van der Waals surface area contributed by atoms with E-state index in [1.807, 2.05) is 31.2 Å². The fourth-order valence-electron chi connectivity index (χ4n) is 2.21. The molecule has 0 atom stereocenters. The van der Waals surface area contributed by atoms with Crippen LogP contribution in [0.5, 0.6) is 0 Å². The Morgan fingerprint density at radius 1 is 1.32 bits per heavy atom. The molecule has 8 heteroatoms. The number of nitrogens with zero attached hydrogens (tertiary/aromatic N) is 3. The highest BCUT2D eigenvalue weighted by atomic mass is 35.5. The van der Waals surface area contributed by atoms with E-state index in [0.717, 1.165) is 17.7 Å². The number of likely N-dealkylation sites (N-methyl/N-ethyl adjacent to an activating group) is 1. The van der Waals surface area contributed by atoms with Gasteiger partial charge in [-0.1, -0.05) is 48.5 Å². The van der Waals surface area contributed by atoms with E-state index >= 15 is 0 Å². The lowest BCUT2D eigenvalue weighted by Crippen LogP contribution is -2.35. The molecule has 0 saturated heterocycles. The van der Waals surface area contributed by atoms with Gasteiger partial charge in [-0.05, 0) is 24.3 Å². The zero-order valence-electron chi connectivity index (χ0n) is 14.2. The van der Waals surface area contributed by atoms with Crippen molar-refractivity contribution in [3.63, 3.8) is 0 Å². The quantitative estimate of drug-likeness (QED) is 0.617. The van der Waals surface area contributed by atoms with Gasteiger partial charge in [0.05, 0.1) is 17.8 Å². The first kappa shape index (κ1) is 19.2. The molecule has 0 saturated carbocycles. The van der Waals surface area contributed by atoms with Crippen LogP contribution in [0.1, 0.15) is 23.0 Å². The summed E-state index contributed by atoms with van der Waals surface area (Å²) in [5, 5.41) is 3.44. The molecule has 0 unspecified atom stereocenters. The lowest BCUT2D eigenvalue weighted by atomic mass is 10.1. The minimum Gasteiger partial charge on any atom is -0.331 e. The number of benzene rings is 1. The van der Waals surface area contributed by atoms with Crippen LogP contribution in [-0.4, -0.2) is 46.5 Å². The van der Waals surface area contributed by atoms with E-state index in [4.69, 9.17) is 11.6 Å². The number of halogens is 1. The number of thioether (sulfide) groups is 1. The summed E-state index contributed by atoms with van der Waals surface area (Å²) in [6.07, 6.45) is 4.00. The van der Waals surface area contributed by atoms with Crippen molar-refractivity contribution in [3.05, 3.63) is 46.7 Å². The minimum atomic E-state index is -0.429. The second-order valence-electron chi connectivity index (χ2n) is 5.27. The summed E-state index contributed by atoms with van der Waals surface area (Å²) in [7, 11) is 1.53.